The van der Waals surface area contributed by atoms with Crippen molar-refractivity contribution in [1.82, 2.24) is 0 Å². The predicted octanol–water partition coefficient (Wildman–Crippen LogP) is 5.05. The summed E-state index contributed by atoms with van der Waals surface area (Å²) < 4.78 is 33.3. The van der Waals surface area contributed by atoms with Gasteiger partial charge in [0, 0.05) is 18.2 Å². The Morgan fingerprint density at radius 3 is 2.00 bits per heavy atom. The van der Waals surface area contributed by atoms with Crippen LogP contribution in [0.15, 0.2) is 36.4 Å². The summed E-state index contributed by atoms with van der Waals surface area (Å²) >= 11 is 0. The maximum atomic E-state index is 5.89. The van der Waals surface area contributed by atoms with Gasteiger partial charge in [0.05, 0.1) is 27.9 Å². The average Bonchev–Trinajstić information content (AvgIpc) is 2.76. The summed E-state index contributed by atoms with van der Waals surface area (Å²) in [6, 6.07) is 11.4. The van der Waals surface area contributed by atoms with Gasteiger partial charge in [-0.25, -0.2) is 0 Å². The van der Waals surface area contributed by atoms with Crippen LogP contribution < -0.4 is 23.7 Å². The molecule has 29 heavy (non-hydrogen) atoms. The Morgan fingerprint density at radius 2 is 1.41 bits per heavy atom. The van der Waals surface area contributed by atoms with Crippen LogP contribution in [0.5, 0.6) is 28.7 Å². The standard InChI is InChI=1S/C23H32O6/c1-7-16(2)18-8-9-22(23(12-18)26-6)29-17(3)27-10-11-28-21-14-19(24-4)13-20(15-21)25-5/h8-9,12-17H,7,10-11H2,1-6H3. The molecule has 0 N–H and O–H groups in total. The van der Waals surface area contributed by atoms with Gasteiger partial charge in [0.2, 0.25) is 0 Å². The molecule has 2 atom stereocenters. The molecule has 6 heteroatoms. The van der Waals surface area contributed by atoms with Gasteiger partial charge in [-0.1, -0.05) is 19.9 Å². The summed E-state index contributed by atoms with van der Waals surface area (Å²) in [4.78, 5) is 0. The van der Waals surface area contributed by atoms with E-state index in [4.69, 9.17) is 28.4 Å². The van der Waals surface area contributed by atoms with E-state index in [-0.39, 0.29) is 0 Å². The predicted molar refractivity (Wildman–Crippen MR) is 113 cm³/mol. The van der Waals surface area contributed by atoms with Crippen molar-refractivity contribution in [1.29, 1.82) is 0 Å². The highest BCUT2D eigenvalue weighted by molar-refractivity contribution is 5.44. The van der Waals surface area contributed by atoms with Gasteiger partial charge >= 0.3 is 0 Å². The second-order valence-electron chi connectivity index (χ2n) is 6.67. The molecule has 0 aromatic heterocycles. The summed E-state index contributed by atoms with van der Waals surface area (Å²) in [6.45, 7) is 6.94. The molecule has 0 amide bonds. The highest BCUT2D eigenvalue weighted by Gasteiger charge is 2.13. The lowest BCUT2D eigenvalue weighted by molar-refractivity contribution is -0.0748. The van der Waals surface area contributed by atoms with Crippen LogP contribution >= 0.6 is 0 Å². The van der Waals surface area contributed by atoms with E-state index < -0.39 is 6.29 Å². The van der Waals surface area contributed by atoms with Crippen LogP contribution in [0.3, 0.4) is 0 Å². The van der Waals surface area contributed by atoms with E-state index in [1.807, 2.05) is 19.1 Å². The molecule has 0 radical (unpaired) electrons. The van der Waals surface area contributed by atoms with E-state index in [0.29, 0.717) is 47.9 Å². The SMILES string of the molecule is CCC(C)c1ccc(OC(C)OCCOc2cc(OC)cc(OC)c2)c(OC)c1. The van der Waals surface area contributed by atoms with E-state index >= 15 is 0 Å². The normalized spacial score (nSPS) is 12.8. The topological polar surface area (TPSA) is 55.4 Å². The lowest BCUT2D eigenvalue weighted by atomic mass is 9.98. The molecule has 2 rings (SSSR count). The quantitative estimate of drug-likeness (QED) is 0.365. The van der Waals surface area contributed by atoms with Crippen molar-refractivity contribution >= 4 is 0 Å². The fourth-order valence-corrected chi connectivity index (χ4v) is 2.77. The maximum absolute atomic E-state index is 5.89. The highest BCUT2D eigenvalue weighted by Crippen LogP contribution is 2.32. The van der Waals surface area contributed by atoms with Gasteiger partial charge in [-0.3, -0.25) is 0 Å². The molecule has 0 aliphatic heterocycles. The maximum Gasteiger partial charge on any atom is 0.197 e. The fraction of sp³-hybridized carbons (Fsp3) is 0.478. The van der Waals surface area contributed by atoms with Gasteiger partial charge in [-0.05, 0) is 37.0 Å². The molecule has 0 aliphatic rings. The number of methoxy groups -OCH3 is 3. The Balaban J connectivity index is 1.85. The first-order chi connectivity index (χ1) is 14.0. The number of ether oxygens (including phenoxy) is 6. The Bertz CT molecular complexity index is 739. The van der Waals surface area contributed by atoms with Crippen LogP contribution in [0, 0.1) is 0 Å². The van der Waals surface area contributed by atoms with Crippen molar-refractivity contribution in [2.45, 2.75) is 39.4 Å². The molecule has 2 aromatic carbocycles. The number of hydrogen-bond donors (Lipinski definition) is 0. The van der Waals surface area contributed by atoms with Gasteiger partial charge in [-0.15, -0.1) is 0 Å². The van der Waals surface area contributed by atoms with Gasteiger partial charge < -0.3 is 28.4 Å². The van der Waals surface area contributed by atoms with Crippen LogP contribution in [-0.2, 0) is 4.74 Å². The van der Waals surface area contributed by atoms with Crippen molar-refractivity contribution < 1.29 is 28.4 Å². The van der Waals surface area contributed by atoms with Gasteiger partial charge in [0.25, 0.3) is 0 Å². The summed E-state index contributed by atoms with van der Waals surface area (Å²) in [5.74, 6) is 3.83. The Kier molecular flexibility index (Phi) is 8.93. The number of rotatable bonds is 12. The number of benzene rings is 2. The molecule has 0 saturated carbocycles. The molecule has 6 nitrogen and oxygen atoms in total. The van der Waals surface area contributed by atoms with Crippen LogP contribution in [-0.4, -0.2) is 40.8 Å². The first kappa shape index (κ1) is 22.7. The second-order valence-corrected chi connectivity index (χ2v) is 6.67. The van der Waals surface area contributed by atoms with E-state index in [2.05, 4.69) is 19.9 Å². The van der Waals surface area contributed by atoms with Crippen LogP contribution in [0.4, 0.5) is 0 Å². The molecule has 0 fully saturated rings. The summed E-state index contributed by atoms with van der Waals surface area (Å²) in [7, 11) is 4.85. The van der Waals surface area contributed by atoms with Crippen molar-refractivity contribution in [3.63, 3.8) is 0 Å². The minimum atomic E-state index is -0.443. The highest BCUT2D eigenvalue weighted by atomic mass is 16.7. The molecular weight excluding hydrogens is 372 g/mol. The van der Waals surface area contributed by atoms with Crippen molar-refractivity contribution in [3.8, 4) is 28.7 Å². The first-order valence-corrected chi connectivity index (χ1v) is 9.82. The van der Waals surface area contributed by atoms with Crippen molar-refractivity contribution in [3.05, 3.63) is 42.0 Å². The van der Waals surface area contributed by atoms with Crippen molar-refractivity contribution in [2.24, 2.45) is 0 Å². The summed E-state index contributed by atoms with van der Waals surface area (Å²) in [6.07, 6.45) is 0.629. The van der Waals surface area contributed by atoms with Gasteiger partial charge in [0.15, 0.2) is 17.8 Å². The van der Waals surface area contributed by atoms with E-state index in [1.54, 1.807) is 39.5 Å². The fourth-order valence-electron chi connectivity index (χ4n) is 2.77. The summed E-state index contributed by atoms with van der Waals surface area (Å²) in [5, 5.41) is 0. The zero-order valence-corrected chi connectivity index (χ0v) is 18.2. The van der Waals surface area contributed by atoms with E-state index in [0.717, 1.165) is 6.42 Å². The molecular formula is C23H32O6. The molecule has 0 heterocycles. The second kappa shape index (κ2) is 11.4. The molecule has 2 aromatic rings. The molecule has 160 valence electrons. The minimum Gasteiger partial charge on any atom is -0.496 e. The van der Waals surface area contributed by atoms with E-state index in [1.165, 1.54) is 5.56 Å². The lowest BCUT2D eigenvalue weighted by Gasteiger charge is -2.19. The lowest BCUT2D eigenvalue weighted by Crippen LogP contribution is -2.20. The molecule has 0 aliphatic carbocycles. The van der Waals surface area contributed by atoms with Crippen molar-refractivity contribution in [2.75, 3.05) is 34.5 Å². The van der Waals surface area contributed by atoms with Crippen LogP contribution in [0.25, 0.3) is 0 Å². The first-order valence-electron chi connectivity index (χ1n) is 9.82. The minimum absolute atomic E-state index is 0.369. The Morgan fingerprint density at radius 1 is 0.759 bits per heavy atom. The Hall–Kier alpha value is -2.60. The molecule has 0 saturated heterocycles. The van der Waals surface area contributed by atoms with Crippen LogP contribution in [0.2, 0.25) is 0 Å². The third kappa shape index (κ3) is 6.75. The Labute approximate surface area is 173 Å². The van der Waals surface area contributed by atoms with E-state index in [9.17, 15) is 0 Å². The molecule has 0 spiro atoms. The van der Waals surface area contributed by atoms with Crippen LogP contribution in [0.1, 0.15) is 38.7 Å². The van der Waals surface area contributed by atoms with Gasteiger partial charge in [-0.2, -0.15) is 0 Å². The largest absolute Gasteiger partial charge is 0.496 e. The third-order valence-electron chi connectivity index (χ3n) is 4.69. The zero-order valence-electron chi connectivity index (χ0n) is 18.2. The molecule has 2 unspecified atom stereocenters. The van der Waals surface area contributed by atoms with Gasteiger partial charge in [0.1, 0.15) is 23.9 Å². The summed E-state index contributed by atoms with van der Waals surface area (Å²) in [5.41, 5.74) is 1.23. The monoisotopic (exact) mass is 404 g/mol. The average molecular weight is 405 g/mol. The zero-order chi connectivity index (χ0) is 21.2. The smallest absolute Gasteiger partial charge is 0.197 e. The molecule has 0 bridgehead atoms. The number of hydrogen-bond acceptors (Lipinski definition) is 6. The third-order valence-corrected chi connectivity index (χ3v) is 4.69.